The van der Waals surface area contributed by atoms with Crippen LogP contribution in [0.3, 0.4) is 0 Å². The van der Waals surface area contributed by atoms with Crippen LogP contribution in [0.1, 0.15) is 31.9 Å². The van der Waals surface area contributed by atoms with Gasteiger partial charge in [-0.1, -0.05) is 13.8 Å². The summed E-state index contributed by atoms with van der Waals surface area (Å²) in [7, 11) is 0. The lowest BCUT2D eigenvalue weighted by Gasteiger charge is -2.14. The van der Waals surface area contributed by atoms with Gasteiger partial charge >= 0.3 is 0 Å². The first kappa shape index (κ1) is 10.7. The lowest BCUT2D eigenvalue weighted by atomic mass is 9.99. The van der Waals surface area contributed by atoms with Gasteiger partial charge in [-0.25, -0.2) is 4.98 Å². The molecule has 2 N–H and O–H groups in total. The first-order valence-corrected chi connectivity index (χ1v) is 5.26. The molecule has 0 amide bonds. The molecule has 1 aromatic rings. The predicted molar refractivity (Wildman–Crippen MR) is 58.3 cm³/mol. The normalized spacial score (nSPS) is 13.3. The largest absolute Gasteiger partial charge is 0.324 e. The second-order valence-electron chi connectivity index (χ2n) is 3.65. The molecule has 0 aliphatic rings. The van der Waals surface area contributed by atoms with Gasteiger partial charge in [-0.15, -0.1) is 0 Å². The van der Waals surface area contributed by atoms with Crippen LogP contribution in [0.2, 0.25) is 0 Å². The van der Waals surface area contributed by atoms with E-state index < -0.39 is 0 Å². The monoisotopic (exact) mass is 242 g/mol. The summed E-state index contributed by atoms with van der Waals surface area (Å²) >= 11 is 3.33. The summed E-state index contributed by atoms with van der Waals surface area (Å²) in [6, 6.07) is 4.07. The topological polar surface area (TPSA) is 38.9 Å². The Hall–Kier alpha value is -0.410. The Labute approximate surface area is 87.7 Å². The molecule has 1 unspecified atom stereocenters. The maximum absolute atomic E-state index is 6.02. The van der Waals surface area contributed by atoms with E-state index in [0.29, 0.717) is 5.92 Å². The molecule has 0 aliphatic heterocycles. The molecule has 0 saturated heterocycles. The highest BCUT2D eigenvalue weighted by Gasteiger charge is 2.08. The van der Waals surface area contributed by atoms with Crippen LogP contribution in [0.4, 0.5) is 0 Å². The highest BCUT2D eigenvalue weighted by atomic mass is 79.9. The second kappa shape index (κ2) is 4.72. The smallest absolute Gasteiger partial charge is 0.106 e. The molecule has 0 bridgehead atoms. The van der Waals surface area contributed by atoms with E-state index >= 15 is 0 Å². The van der Waals surface area contributed by atoms with E-state index in [4.69, 9.17) is 5.73 Å². The molecule has 0 aromatic carbocycles. The van der Waals surface area contributed by atoms with Crippen LogP contribution in [0.25, 0.3) is 0 Å². The van der Waals surface area contributed by atoms with Gasteiger partial charge in [0.25, 0.3) is 0 Å². The highest BCUT2D eigenvalue weighted by molar-refractivity contribution is 9.10. The molecule has 1 aromatic heterocycles. The Bertz CT molecular complexity index is 273. The fourth-order valence-corrected chi connectivity index (χ4v) is 1.67. The van der Waals surface area contributed by atoms with Crippen LogP contribution in [-0.4, -0.2) is 4.98 Å². The number of nitrogens with two attached hydrogens (primary N) is 1. The van der Waals surface area contributed by atoms with Crippen LogP contribution in [-0.2, 0) is 0 Å². The summed E-state index contributed by atoms with van der Waals surface area (Å²) in [5, 5.41) is 0. The SMILES string of the molecule is CC(C)CC(N)c1ccnc(Br)c1. The first-order valence-electron chi connectivity index (χ1n) is 4.46. The molecule has 0 saturated carbocycles. The van der Waals surface area contributed by atoms with Crippen LogP contribution in [0.5, 0.6) is 0 Å². The van der Waals surface area contributed by atoms with Crippen molar-refractivity contribution in [3.8, 4) is 0 Å². The van der Waals surface area contributed by atoms with E-state index in [1.165, 1.54) is 0 Å². The second-order valence-corrected chi connectivity index (χ2v) is 4.46. The van der Waals surface area contributed by atoms with Crippen LogP contribution in [0.15, 0.2) is 22.9 Å². The molecule has 72 valence electrons. The van der Waals surface area contributed by atoms with Gasteiger partial charge in [-0.05, 0) is 46.0 Å². The van der Waals surface area contributed by atoms with Crippen LogP contribution >= 0.6 is 15.9 Å². The number of aromatic nitrogens is 1. The third kappa shape index (κ3) is 3.44. The maximum Gasteiger partial charge on any atom is 0.106 e. The molecular weight excluding hydrogens is 228 g/mol. The van der Waals surface area contributed by atoms with E-state index in [1.807, 2.05) is 12.1 Å². The fraction of sp³-hybridized carbons (Fsp3) is 0.500. The quantitative estimate of drug-likeness (QED) is 0.829. The van der Waals surface area contributed by atoms with Crippen molar-refractivity contribution in [3.05, 3.63) is 28.5 Å². The summed E-state index contributed by atoms with van der Waals surface area (Å²) in [5.41, 5.74) is 7.16. The van der Waals surface area contributed by atoms with Gasteiger partial charge in [0.2, 0.25) is 0 Å². The van der Waals surface area contributed by atoms with E-state index in [2.05, 4.69) is 34.8 Å². The Balaban J connectivity index is 2.71. The zero-order valence-corrected chi connectivity index (χ0v) is 9.58. The zero-order valence-electron chi connectivity index (χ0n) is 8.00. The van der Waals surface area contributed by atoms with Crippen molar-refractivity contribution < 1.29 is 0 Å². The van der Waals surface area contributed by atoms with Gasteiger partial charge in [0, 0.05) is 12.2 Å². The molecule has 0 spiro atoms. The van der Waals surface area contributed by atoms with E-state index in [-0.39, 0.29) is 6.04 Å². The molecule has 2 nitrogen and oxygen atoms in total. The maximum atomic E-state index is 6.02. The van der Waals surface area contributed by atoms with E-state index in [0.717, 1.165) is 16.6 Å². The summed E-state index contributed by atoms with van der Waals surface area (Å²) in [4.78, 5) is 4.06. The van der Waals surface area contributed by atoms with Crippen LogP contribution < -0.4 is 5.73 Å². The molecule has 1 heterocycles. The average Bonchev–Trinajstić information content (AvgIpc) is 2.03. The minimum absolute atomic E-state index is 0.124. The molecule has 1 rings (SSSR count). The van der Waals surface area contributed by atoms with Gasteiger partial charge < -0.3 is 5.73 Å². The van der Waals surface area contributed by atoms with Gasteiger partial charge in [-0.2, -0.15) is 0 Å². The van der Waals surface area contributed by atoms with Crippen LogP contribution in [0, 0.1) is 5.92 Å². The Morgan fingerprint density at radius 2 is 2.23 bits per heavy atom. The van der Waals surface area contributed by atoms with E-state index in [1.54, 1.807) is 6.20 Å². The summed E-state index contributed by atoms with van der Waals surface area (Å²) in [5.74, 6) is 0.627. The first-order chi connectivity index (χ1) is 6.09. The lowest BCUT2D eigenvalue weighted by Crippen LogP contribution is -2.12. The molecule has 3 heteroatoms. The Kier molecular flexibility index (Phi) is 3.88. The van der Waals surface area contributed by atoms with Gasteiger partial charge in [0.15, 0.2) is 0 Å². The standard InChI is InChI=1S/C10H15BrN2/c1-7(2)5-9(12)8-3-4-13-10(11)6-8/h3-4,6-7,9H,5,12H2,1-2H3. The van der Waals surface area contributed by atoms with Crippen molar-refractivity contribution >= 4 is 15.9 Å². The molecule has 0 fully saturated rings. The fourth-order valence-electron chi connectivity index (χ4n) is 1.29. The molecule has 1 atom stereocenters. The van der Waals surface area contributed by atoms with Crippen molar-refractivity contribution in [1.29, 1.82) is 0 Å². The third-order valence-electron chi connectivity index (χ3n) is 1.90. The Morgan fingerprint density at radius 1 is 1.54 bits per heavy atom. The number of halogens is 1. The van der Waals surface area contributed by atoms with Crippen molar-refractivity contribution in [2.75, 3.05) is 0 Å². The number of hydrogen-bond acceptors (Lipinski definition) is 2. The average molecular weight is 243 g/mol. The summed E-state index contributed by atoms with van der Waals surface area (Å²) < 4.78 is 0.851. The Morgan fingerprint density at radius 3 is 2.77 bits per heavy atom. The summed E-state index contributed by atoms with van der Waals surface area (Å²) in [6.07, 6.45) is 2.79. The summed E-state index contributed by atoms with van der Waals surface area (Å²) in [6.45, 7) is 4.35. The van der Waals surface area contributed by atoms with Crippen molar-refractivity contribution in [2.45, 2.75) is 26.3 Å². The molecule has 0 radical (unpaired) electrons. The highest BCUT2D eigenvalue weighted by Crippen LogP contribution is 2.20. The van der Waals surface area contributed by atoms with Crippen molar-refractivity contribution in [2.24, 2.45) is 11.7 Å². The number of rotatable bonds is 3. The van der Waals surface area contributed by atoms with Gasteiger partial charge in [0.05, 0.1) is 0 Å². The molecule has 13 heavy (non-hydrogen) atoms. The number of pyridine rings is 1. The van der Waals surface area contributed by atoms with Gasteiger partial charge in [-0.3, -0.25) is 0 Å². The predicted octanol–water partition coefficient (Wildman–Crippen LogP) is 2.89. The lowest BCUT2D eigenvalue weighted by molar-refractivity contribution is 0.509. The number of hydrogen-bond donors (Lipinski definition) is 1. The van der Waals surface area contributed by atoms with E-state index in [9.17, 15) is 0 Å². The minimum atomic E-state index is 0.124. The van der Waals surface area contributed by atoms with Crippen molar-refractivity contribution in [3.63, 3.8) is 0 Å². The number of nitrogens with zero attached hydrogens (tertiary/aromatic N) is 1. The zero-order chi connectivity index (χ0) is 9.84. The van der Waals surface area contributed by atoms with Gasteiger partial charge in [0.1, 0.15) is 4.60 Å². The minimum Gasteiger partial charge on any atom is -0.324 e. The molecular formula is C10H15BrN2. The third-order valence-corrected chi connectivity index (χ3v) is 2.34. The van der Waals surface area contributed by atoms with Crippen molar-refractivity contribution in [1.82, 2.24) is 4.98 Å². The molecule has 0 aliphatic carbocycles.